The third-order valence-electron chi connectivity index (χ3n) is 1.80. The summed E-state index contributed by atoms with van der Waals surface area (Å²) in [5.74, 6) is -2.46. The Balaban J connectivity index is 2.87. The van der Waals surface area contributed by atoms with Crippen molar-refractivity contribution in [1.29, 1.82) is 0 Å². The van der Waals surface area contributed by atoms with Crippen LogP contribution in [0.15, 0.2) is 18.2 Å². The molecule has 0 radical (unpaired) electrons. The predicted molar refractivity (Wildman–Crippen MR) is 60.4 cm³/mol. The van der Waals surface area contributed by atoms with Gasteiger partial charge in [0, 0.05) is 17.4 Å². The highest BCUT2D eigenvalue weighted by Crippen LogP contribution is 2.15. The van der Waals surface area contributed by atoms with Crippen LogP contribution in [0.5, 0.6) is 0 Å². The highest BCUT2D eigenvalue weighted by atomic mass is 79.9. The Bertz CT molecular complexity index is 423. The van der Waals surface area contributed by atoms with E-state index in [1.165, 1.54) is 6.07 Å². The van der Waals surface area contributed by atoms with Crippen molar-refractivity contribution in [2.24, 2.45) is 0 Å². The molecule has 1 rings (SSSR count). The predicted octanol–water partition coefficient (Wildman–Crippen LogP) is 2.25. The maximum absolute atomic E-state index is 13.0. The molecule has 0 aliphatic heterocycles. The molecule has 0 atom stereocenters. The zero-order valence-electron chi connectivity index (χ0n) is 8.17. The Morgan fingerprint density at radius 2 is 2.12 bits per heavy atom. The molecule has 0 bridgehead atoms. The molecule has 0 fully saturated rings. The lowest BCUT2D eigenvalue weighted by molar-refractivity contribution is -0.115. The average molecular weight is 290 g/mol. The van der Waals surface area contributed by atoms with E-state index in [1.807, 2.05) is 0 Å². The summed E-state index contributed by atoms with van der Waals surface area (Å²) in [6, 6.07) is 3.41. The lowest BCUT2D eigenvalue weighted by Crippen LogP contribution is -2.12. The third-order valence-corrected chi connectivity index (χ3v) is 2.20. The lowest BCUT2D eigenvalue weighted by atomic mass is 10.2. The zero-order valence-corrected chi connectivity index (χ0v) is 9.75. The molecule has 1 amide bonds. The standard InChI is InChI=1S/C10H9BrFNO3/c11-4-3-9(14)13-6-1-2-8(12)7(5-6)10(15)16/h1-2,5H,3-4H2,(H,13,14)(H,15,16). The lowest BCUT2D eigenvalue weighted by Gasteiger charge is -2.05. The molecule has 0 aliphatic carbocycles. The van der Waals surface area contributed by atoms with Gasteiger partial charge in [-0.15, -0.1) is 0 Å². The van der Waals surface area contributed by atoms with Gasteiger partial charge in [0.05, 0.1) is 5.56 Å². The van der Waals surface area contributed by atoms with Gasteiger partial charge in [0.25, 0.3) is 0 Å². The highest BCUT2D eigenvalue weighted by molar-refractivity contribution is 9.09. The number of rotatable bonds is 4. The number of aromatic carboxylic acids is 1. The first-order valence-corrected chi connectivity index (χ1v) is 5.55. The molecule has 1 aromatic carbocycles. The van der Waals surface area contributed by atoms with Crippen molar-refractivity contribution in [3.05, 3.63) is 29.6 Å². The number of anilines is 1. The van der Waals surface area contributed by atoms with Crippen molar-refractivity contribution < 1.29 is 19.1 Å². The average Bonchev–Trinajstić information content (AvgIpc) is 2.21. The van der Waals surface area contributed by atoms with Crippen LogP contribution in [0.25, 0.3) is 0 Å². The first-order chi connectivity index (χ1) is 7.54. The minimum Gasteiger partial charge on any atom is -0.478 e. The van der Waals surface area contributed by atoms with E-state index in [0.717, 1.165) is 12.1 Å². The topological polar surface area (TPSA) is 66.4 Å². The van der Waals surface area contributed by atoms with E-state index in [2.05, 4.69) is 21.2 Å². The summed E-state index contributed by atoms with van der Waals surface area (Å²) in [5, 5.41) is 11.6. The Hall–Kier alpha value is -1.43. The van der Waals surface area contributed by atoms with E-state index in [4.69, 9.17) is 5.11 Å². The molecular formula is C10H9BrFNO3. The van der Waals surface area contributed by atoms with Crippen LogP contribution in [-0.2, 0) is 4.79 Å². The Morgan fingerprint density at radius 1 is 1.44 bits per heavy atom. The second-order valence-electron chi connectivity index (χ2n) is 2.99. The number of benzene rings is 1. The first-order valence-electron chi connectivity index (χ1n) is 4.43. The molecule has 2 N–H and O–H groups in total. The van der Waals surface area contributed by atoms with Crippen LogP contribution in [0, 0.1) is 5.82 Å². The van der Waals surface area contributed by atoms with Crippen LogP contribution < -0.4 is 5.32 Å². The largest absolute Gasteiger partial charge is 0.478 e. The fraction of sp³-hybridized carbons (Fsp3) is 0.200. The van der Waals surface area contributed by atoms with Gasteiger partial charge in [-0.05, 0) is 18.2 Å². The number of halogens is 2. The van der Waals surface area contributed by atoms with Crippen molar-refractivity contribution in [1.82, 2.24) is 0 Å². The molecule has 1 aromatic rings. The fourth-order valence-electron chi connectivity index (χ4n) is 1.08. The maximum atomic E-state index is 13.0. The van der Waals surface area contributed by atoms with E-state index in [0.29, 0.717) is 5.33 Å². The van der Waals surface area contributed by atoms with Gasteiger partial charge < -0.3 is 10.4 Å². The number of hydrogen-bond acceptors (Lipinski definition) is 2. The molecule has 0 heterocycles. The monoisotopic (exact) mass is 289 g/mol. The van der Waals surface area contributed by atoms with Crippen molar-refractivity contribution >= 4 is 33.5 Å². The van der Waals surface area contributed by atoms with Crippen LogP contribution in [-0.4, -0.2) is 22.3 Å². The number of hydrogen-bond donors (Lipinski definition) is 2. The van der Waals surface area contributed by atoms with E-state index in [-0.39, 0.29) is 18.0 Å². The summed E-state index contributed by atoms with van der Waals surface area (Å²) in [6.45, 7) is 0. The molecule has 0 aliphatic rings. The van der Waals surface area contributed by atoms with Gasteiger partial charge in [0.2, 0.25) is 5.91 Å². The summed E-state index contributed by atoms with van der Waals surface area (Å²) in [5.41, 5.74) is -0.193. The number of carboxylic acids is 1. The molecule has 0 saturated carbocycles. The van der Waals surface area contributed by atoms with E-state index >= 15 is 0 Å². The number of nitrogens with one attached hydrogen (secondary N) is 1. The summed E-state index contributed by atoms with van der Waals surface area (Å²) in [4.78, 5) is 21.8. The zero-order chi connectivity index (χ0) is 12.1. The van der Waals surface area contributed by atoms with Crippen LogP contribution in [0.1, 0.15) is 16.8 Å². The number of amides is 1. The van der Waals surface area contributed by atoms with Crippen LogP contribution >= 0.6 is 15.9 Å². The quantitative estimate of drug-likeness (QED) is 0.836. The first kappa shape index (κ1) is 12.6. The third kappa shape index (κ3) is 3.30. The summed E-state index contributed by atoms with van der Waals surface area (Å²) >= 11 is 3.10. The molecule has 0 aromatic heterocycles. The number of carbonyl (C=O) groups is 2. The van der Waals surface area contributed by atoms with Crippen LogP contribution in [0.4, 0.5) is 10.1 Å². The highest BCUT2D eigenvalue weighted by Gasteiger charge is 2.11. The molecule has 6 heteroatoms. The minimum atomic E-state index is -1.37. The van der Waals surface area contributed by atoms with Gasteiger partial charge in [-0.2, -0.15) is 0 Å². The summed E-state index contributed by atoms with van der Waals surface area (Å²) in [6.07, 6.45) is 0.264. The minimum absolute atomic E-state index is 0.264. The fourth-order valence-corrected chi connectivity index (χ4v) is 1.44. The Labute approximate surface area is 99.6 Å². The molecule has 16 heavy (non-hydrogen) atoms. The van der Waals surface area contributed by atoms with Crippen molar-refractivity contribution in [3.8, 4) is 0 Å². The normalized spacial score (nSPS) is 9.88. The van der Waals surface area contributed by atoms with Crippen LogP contribution in [0.3, 0.4) is 0 Å². The van der Waals surface area contributed by atoms with Gasteiger partial charge in [-0.3, -0.25) is 4.79 Å². The second-order valence-corrected chi connectivity index (χ2v) is 3.78. The van der Waals surface area contributed by atoms with E-state index < -0.39 is 17.3 Å². The maximum Gasteiger partial charge on any atom is 0.338 e. The molecule has 0 unspecified atom stereocenters. The molecule has 0 spiro atoms. The summed E-state index contributed by atoms with van der Waals surface area (Å²) in [7, 11) is 0. The van der Waals surface area contributed by atoms with E-state index in [1.54, 1.807) is 0 Å². The van der Waals surface area contributed by atoms with Crippen LogP contribution in [0.2, 0.25) is 0 Å². The van der Waals surface area contributed by atoms with Gasteiger partial charge in [0.15, 0.2) is 0 Å². The van der Waals surface area contributed by atoms with Crippen molar-refractivity contribution in [2.45, 2.75) is 6.42 Å². The number of carboxylic acid groups (broad SMARTS) is 1. The Kier molecular flexibility index (Phi) is 4.42. The molecule has 86 valence electrons. The second kappa shape index (κ2) is 5.60. The van der Waals surface area contributed by atoms with Crippen molar-refractivity contribution in [3.63, 3.8) is 0 Å². The smallest absolute Gasteiger partial charge is 0.338 e. The Morgan fingerprint density at radius 3 is 2.69 bits per heavy atom. The van der Waals surface area contributed by atoms with Gasteiger partial charge in [-0.1, -0.05) is 15.9 Å². The van der Waals surface area contributed by atoms with Gasteiger partial charge >= 0.3 is 5.97 Å². The number of alkyl halides is 1. The van der Waals surface area contributed by atoms with E-state index in [9.17, 15) is 14.0 Å². The summed E-state index contributed by atoms with van der Waals surface area (Å²) < 4.78 is 13.0. The molecule has 4 nitrogen and oxygen atoms in total. The van der Waals surface area contributed by atoms with Gasteiger partial charge in [0.1, 0.15) is 5.82 Å². The molecule has 0 saturated heterocycles. The van der Waals surface area contributed by atoms with Crippen molar-refractivity contribution in [2.75, 3.05) is 10.6 Å². The van der Waals surface area contributed by atoms with Gasteiger partial charge in [-0.25, -0.2) is 9.18 Å². The SMILES string of the molecule is O=C(CCBr)Nc1ccc(F)c(C(=O)O)c1. The molecular weight excluding hydrogens is 281 g/mol. The number of carbonyl (C=O) groups excluding carboxylic acids is 1.